The highest BCUT2D eigenvalue weighted by atomic mass is 32.2. The summed E-state index contributed by atoms with van der Waals surface area (Å²) in [5.74, 6) is -0.383. The first-order valence-corrected chi connectivity index (χ1v) is 6.79. The fraction of sp³-hybridized carbons (Fsp3) is 0.500. The van der Waals surface area contributed by atoms with Crippen molar-refractivity contribution in [2.75, 3.05) is 24.2 Å². The van der Waals surface area contributed by atoms with E-state index in [-0.39, 0.29) is 10.7 Å². The number of methoxy groups -OCH3 is 1. The van der Waals surface area contributed by atoms with Crippen LogP contribution in [0.4, 0.5) is 5.69 Å². The molecule has 0 atom stereocenters. The van der Waals surface area contributed by atoms with E-state index in [1.54, 1.807) is 18.0 Å². The van der Waals surface area contributed by atoms with Crippen LogP contribution in [0.2, 0.25) is 0 Å². The first-order chi connectivity index (χ1) is 7.93. The maximum absolute atomic E-state index is 11.5. The lowest BCUT2D eigenvalue weighted by molar-refractivity contribution is 0.183. The van der Waals surface area contributed by atoms with E-state index in [0.717, 1.165) is 0 Å². The van der Waals surface area contributed by atoms with Gasteiger partial charge in [0.2, 0.25) is 10.0 Å². The topological polar surface area (TPSA) is 99.2 Å². The van der Waals surface area contributed by atoms with Crippen molar-refractivity contribution in [3.05, 3.63) is 12.4 Å². The highest BCUT2D eigenvalue weighted by Crippen LogP contribution is 2.07. The zero-order valence-electron chi connectivity index (χ0n) is 9.29. The van der Waals surface area contributed by atoms with Crippen molar-refractivity contribution in [1.29, 1.82) is 0 Å². The van der Waals surface area contributed by atoms with E-state index in [2.05, 4.69) is 22.0 Å². The second-order valence-electron chi connectivity index (χ2n) is 3.31. The molecule has 3 N–H and O–H groups in total. The molecule has 0 fully saturated rings. The third-order valence-electron chi connectivity index (χ3n) is 1.76. The van der Waals surface area contributed by atoms with Gasteiger partial charge in [0.05, 0.1) is 30.0 Å². The van der Waals surface area contributed by atoms with Crippen molar-refractivity contribution in [1.82, 2.24) is 9.78 Å². The third kappa shape index (κ3) is 5.11. The van der Waals surface area contributed by atoms with Crippen LogP contribution >= 0.6 is 12.2 Å². The van der Waals surface area contributed by atoms with Gasteiger partial charge in [0.25, 0.3) is 0 Å². The lowest BCUT2D eigenvalue weighted by atomic mass is 10.6. The van der Waals surface area contributed by atoms with Gasteiger partial charge in [-0.15, -0.1) is 0 Å². The molecule has 0 unspecified atom stereocenters. The number of nitrogens with two attached hydrogens (primary N) is 1. The number of thiocarbonyl (C=S) groups is 1. The highest BCUT2D eigenvalue weighted by molar-refractivity contribution is 7.95. The summed E-state index contributed by atoms with van der Waals surface area (Å²) in [5.41, 5.74) is 5.55. The van der Waals surface area contributed by atoms with Crippen molar-refractivity contribution >= 4 is 32.9 Å². The van der Waals surface area contributed by atoms with E-state index >= 15 is 0 Å². The van der Waals surface area contributed by atoms with Crippen LogP contribution in [0, 0.1) is 0 Å². The Balaban J connectivity index is 2.62. The molecule has 9 heteroatoms. The van der Waals surface area contributed by atoms with E-state index in [1.807, 2.05) is 0 Å². The van der Waals surface area contributed by atoms with E-state index in [4.69, 9.17) is 10.5 Å². The van der Waals surface area contributed by atoms with Crippen LogP contribution in [-0.2, 0) is 21.3 Å². The van der Waals surface area contributed by atoms with Gasteiger partial charge in [-0.3, -0.25) is 9.40 Å². The Kier molecular flexibility index (Phi) is 4.85. The van der Waals surface area contributed by atoms with Gasteiger partial charge in [-0.25, -0.2) is 8.42 Å². The van der Waals surface area contributed by atoms with Crippen molar-refractivity contribution in [3.8, 4) is 0 Å². The third-order valence-corrected chi connectivity index (χ3v) is 3.33. The predicted octanol–water partition coefficient (Wildman–Crippen LogP) is -0.443. The van der Waals surface area contributed by atoms with Crippen molar-refractivity contribution in [3.63, 3.8) is 0 Å². The zero-order chi connectivity index (χ0) is 12.9. The number of hydrogen-bond donors (Lipinski definition) is 2. The second kappa shape index (κ2) is 5.94. The summed E-state index contributed by atoms with van der Waals surface area (Å²) in [7, 11) is -1.96. The molecule has 0 saturated carbocycles. The van der Waals surface area contributed by atoms with E-state index < -0.39 is 10.0 Å². The molecule has 1 aromatic heterocycles. The smallest absolute Gasteiger partial charge is 0.239 e. The summed E-state index contributed by atoms with van der Waals surface area (Å²) in [5, 5.41) is 3.96. The van der Waals surface area contributed by atoms with Gasteiger partial charge in [-0.05, 0) is 0 Å². The Morgan fingerprint density at radius 2 is 2.41 bits per heavy atom. The van der Waals surface area contributed by atoms with Gasteiger partial charge in [0, 0.05) is 13.3 Å². The Morgan fingerprint density at radius 1 is 1.71 bits per heavy atom. The number of rotatable bonds is 7. The average Bonchev–Trinajstić information content (AvgIpc) is 2.59. The number of nitrogens with one attached hydrogen (secondary N) is 1. The minimum atomic E-state index is -3.54. The molecule has 1 heterocycles. The molecule has 17 heavy (non-hydrogen) atoms. The second-order valence-corrected chi connectivity index (χ2v) is 5.56. The molecule has 1 rings (SSSR count). The van der Waals surface area contributed by atoms with Crippen LogP contribution in [0.5, 0.6) is 0 Å². The van der Waals surface area contributed by atoms with E-state index in [1.165, 1.54) is 6.20 Å². The first-order valence-electron chi connectivity index (χ1n) is 4.73. The van der Waals surface area contributed by atoms with E-state index in [0.29, 0.717) is 18.8 Å². The summed E-state index contributed by atoms with van der Waals surface area (Å²) < 4.78 is 31.8. The highest BCUT2D eigenvalue weighted by Gasteiger charge is 2.12. The molecule has 7 nitrogen and oxygen atoms in total. The number of sulfonamides is 1. The van der Waals surface area contributed by atoms with Gasteiger partial charge in [-0.2, -0.15) is 5.10 Å². The lowest BCUT2D eigenvalue weighted by Gasteiger charge is -2.03. The molecule has 0 aliphatic carbocycles. The molecule has 0 aliphatic heterocycles. The van der Waals surface area contributed by atoms with Gasteiger partial charge in [0.15, 0.2) is 0 Å². The number of nitrogens with zero attached hydrogens (tertiary/aromatic N) is 2. The normalized spacial score (nSPS) is 11.4. The average molecular weight is 278 g/mol. The van der Waals surface area contributed by atoms with Gasteiger partial charge < -0.3 is 10.5 Å². The van der Waals surface area contributed by atoms with Crippen LogP contribution in [-0.4, -0.2) is 42.7 Å². The minimum absolute atomic E-state index is 0.0794. The SMILES string of the molecule is COCCn1cc(NS(=O)(=O)CC(N)=S)cn1. The first kappa shape index (κ1) is 13.9. The predicted molar refractivity (Wildman–Crippen MR) is 68.3 cm³/mol. The molecule has 0 saturated heterocycles. The maximum atomic E-state index is 11.5. The lowest BCUT2D eigenvalue weighted by Crippen LogP contribution is -2.26. The van der Waals surface area contributed by atoms with E-state index in [9.17, 15) is 8.42 Å². The molecule has 0 aromatic carbocycles. The largest absolute Gasteiger partial charge is 0.392 e. The van der Waals surface area contributed by atoms with Crippen LogP contribution in [0.1, 0.15) is 0 Å². The molecular weight excluding hydrogens is 264 g/mol. The van der Waals surface area contributed by atoms with Gasteiger partial charge in [0.1, 0.15) is 5.75 Å². The van der Waals surface area contributed by atoms with Gasteiger partial charge >= 0.3 is 0 Å². The molecule has 0 bridgehead atoms. The minimum Gasteiger partial charge on any atom is -0.392 e. The van der Waals surface area contributed by atoms with Crippen LogP contribution in [0.3, 0.4) is 0 Å². The number of ether oxygens (including phenoxy) is 1. The Labute approximate surface area is 105 Å². The number of hydrogen-bond acceptors (Lipinski definition) is 5. The molecule has 96 valence electrons. The quantitative estimate of drug-likeness (QED) is 0.656. The molecule has 0 aliphatic rings. The molecule has 0 amide bonds. The molecular formula is C8H14N4O3S2. The Morgan fingerprint density at radius 3 is 3.00 bits per heavy atom. The molecule has 0 spiro atoms. The Hall–Kier alpha value is -1.19. The summed E-state index contributed by atoms with van der Waals surface area (Å²) in [6.07, 6.45) is 2.98. The zero-order valence-corrected chi connectivity index (χ0v) is 10.9. The van der Waals surface area contributed by atoms with Crippen molar-refractivity contribution in [2.24, 2.45) is 5.73 Å². The monoisotopic (exact) mass is 278 g/mol. The van der Waals surface area contributed by atoms with Crippen LogP contribution in [0.15, 0.2) is 12.4 Å². The number of anilines is 1. The van der Waals surface area contributed by atoms with Crippen molar-refractivity contribution in [2.45, 2.75) is 6.54 Å². The molecule has 1 aromatic rings. The standard InChI is InChI=1S/C8H14N4O3S2/c1-15-3-2-12-5-7(4-10-12)11-17(13,14)6-8(9)16/h4-5,11H,2-3,6H2,1H3,(H2,9,16). The summed E-state index contributed by atoms with van der Waals surface area (Å²) in [4.78, 5) is -0.0794. The summed E-state index contributed by atoms with van der Waals surface area (Å²) >= 11 is 4.54. The fourth-order valence-corrected chi connectivity index (χ4v) is 2.50. The summed E-state index contributed by atoms with van der Waals surface area (Å²) in [6, 6.07) is 0. The summed E-state index contributed by atoms with van der Waals surface area (Å²) in [6.45, 7) is 1.05. The maximum Gasteiger partial charge on any atom is 0.239 e. The van der Waals surface area contributed by atoms with Crippen LogP contribution < -0.4 is 10.5 Å². The van der Waals surface area contributed by atoms with Crippen LogP contribution in [0.25, 0.3) is 0 Å². The number of aromatic nitrogens is 2. The van der Waals surface area contributed by atoms with Crippen molar-refractivity contribution < 1.29 is 13.2 Å². The molecule has 0 radical (unpaired) electrons. The van der Waals surface area contributed by atoms with Gasteiger partial charge in [-0.1, -0.05) is 12.2 Å². The Bertz CT molecular complexity index is 483. The fourth-order valence-electron chi connectivity index (χ4n) is 1.13.